The largest absolute Gasteiger partial charge is 0.510 e. The number of allylic oxidation sites excluding steroid dienone is 1. The van der Waals surface area contributed by atoms with Crippen molar-refractivity contribution < 1.29 is 49.1 Å². The van der Waals surface area contributed by atoms with Crippen LogP contribution in [0.25, 0.3) is 11.1 Å². The lowest BCUT2D eigenvalue weighted by atomic mass is 9.58. The number of Topliss-reactive ketones (excluding diaryl/α,β-unsaturated/α-hetero) is 2. The van der Waals surface area contributed by atoms with Crippen LogP contribution in [-0.2, 0) is 25.5 Å². The molecule has 0 saturated heterocycles. The van der Waals surface area contributed by atoms with Crippen LogP contribution in [0.2, 0.25) is 0 Å². The average molecular weight is 620 g/mol. The van der Waals surface area contributed by atoms with Crippen LogP contribution in [0.1, 0.15) is 39.6 Å². The Labute approximate surface area is 257 Å². The standard InChI is InChI=1S/C32H33N3O10/c1-4-45-21(37)13-34-31(43)15-7-5-6-14(10-15)17-8-9-20(36)23-18(17)11-16-12-19-25(35(2)3)27(39)24(30(33)42)29(41)32(19,44)28(40)22(16)26(23)38/h5-10,16,19,25,36,39-40,44H,4,11-13H2,1-3H3,(H2,33,42)(H,34,43)/t16-,19+,25+,32-/m0/s1. The van der Waals surface area contributed by atoms with Gasteiger partial charge in [0.1, 0.15) is 29.4 Å². The molecule has 0 unspecified atom stereocenters. The lowest BCUT2D eigenvalue weighted by Crippen LogP contribution is -2.63. The van der Waals surface area contributed by atoms with E-state index >= 15 is 0 Å². The molecule has 0 radical (unpaired) electrons. The molecule has 0 spiro atoms. The van der Waals surface area contributed by atoms with Gasteiger partial charge in [-0.2, -0.15) is 0 Å². The van der Waals surface area contributed by atoms with Crippen LogP contribution >= 0.6 is 0 Å². The maximum atomic E-state index is 14.0. The molecule has 2 aromatic carbocycles. The molecule has 3 aliphatic carbocycles. The number of benzene rings is 2. The van der Waals surface area contributed by atoms with E-state index in [0.717, 1.165) is 0 Å². The van der Waals surface area contributed by atoms with E-state index in [0.29, 0.717) is 16.7 Å². The van der Waals surface area contributed by atoms with Gasteiger partial charge < -0.3 is 36.2 Å². The van der Waals surface area contributed by atoms with E-state index in [1.807, 2.05) is 0 Å². The Morgan fingerprint density at radius 1 is 1.11 bits per heavy atom. The third-order valence-corrected chi connectivity index (χ3v) is 8.74. The van der Waals surface area contributed by atoms with Crippen molar-refractivity contribution in [1.29, 1.82) is 0 Å². The van der Waals surface area contributed by atoms with Crippen molar-refractivity contribution >= 4 is 29.4 Å². The van der Waals surface area contributed by atoms with E-state index in [1.54, 1.807) is 51.4 Å². The summed E-state index contributed by atoms with van der Waals surface area (Å²) in [6.45, 7) is 1.49. The molecule has 0 heterocycles. The van der Waals surface area contributed by atoms with Crippen LogP contribution in [0, 0.1) is 11.8 Å². The van der Waals surface area contributed by atoms with Gasteiger partial charge in [-0.05, 0) is 74.7 Å². The van der Waals surface area contributed by atoms with Gasteiger partial charge in [0.15, 0.2) is 11.4 Å². The van der Waals surface area contributed by atoms with E-state index in [2.05, 4.69) is 5.32 Å². The first-order valence-corrected chi connectivity index (χ1v) is 14.3. The number of primary amides is 1. The van der Waals surface area contributed by atoms with Gasteiger partial charge in [0.25, 0.3) is 11.8 Å². The molecule has 2 aromatic rings. The summed E-state index contributed by atoms with van der Waals surface area (Å²) in [6, 6.07) is 8.21. The van der Waals surface area contributed by atoms with Gasteiger partial charge in [0.2, 0.25) is 5.78 Å². The first kappa shape index (κ1) is 31.4. The van der Waals surface area contributed by atoms with E-state index < -0.39 is 75.7 Å². The van der Waals surface area contributed by atoms with Crippen LogP contribution in [0.5, 0.6) is 5.75 Å². The van der Waals surface area contributed by atoms with E-state index in [9.17, 15) is 44.4 Å². The predicted molar refractivity (Wildman–Crippen MR) is 158 cm³/mol. The summed E-state index contributed by atoms with van der Waals surface area (Å²) >= 11 is 0. The number of phenols is 1. The molecule has 0 fully saturated rings. The maximum absolute atomic E-state index is 14.0. The van der Waals surface area contributed by atoms with Gasteiger partial charge in [-0.1, -0.05) is 18.2 Å². The molecule has 13 nitrogen and oxygen atoms in total. The van der Waals surface area contributed by atoms with Gasteiger partial charge in [-0.25, -0.2) is 0 Å². The third kappa shape index (κ3) is 4.93. The number of hydrogen-bond donors (Lipinski definition) is 6. The van der Waals surface area contributed by atoms with E-state index in [4.69, 9.17) is 10.5 Å². The van der Waals surface area contributed by atoms with Gasteiger partial charge >= 0.3 is 5.97 Å². The van der Waals surface area contributed by atoms with Gasteiger partial charge in [-0.3, -0.25) is 28.9 Å². The molecule has 0 saturated carbocycles. The number of carbonyl (C=O) groups excluding carboxylic acids is 5. The summed E-state index contributed by atoms with van der Waals surface area (Å²) in [4.78, 5) is 65.5. The minimum atomic E-state index is -2.73. The lowest BCUT2D eigenvalue weighted by molar-refractivity contribution is -0.148. The van der Waals surface area contributed by atoms with Gasteiger partial charge in [0.05, 0.1) is 18.2 Å². The number of amides is 2. The Kier molecular flexibility index (Phi) is 8.02. The maximum Gasteiger partial charge on any atom is 0.325 e. The molecule has 45 heavy (non-hydrogen) atoms. The highest BCUT2D eigenvalue weighted by atomic mass is 16.5. The van der Waals surface area contributed by atoms with Crippen LogP contribution in [0.15, 0.2) is 59.1 Å². The summed E-state index contributed by atoms with van der Waals surface area (Å²) < 4.78 is 4.84. The summed E-state index contributed by atoms with van der Waals surface area (Å²) in [7, 11) is 3.11. The lowest BCUT2D eigenvalue weighted by Gasteiger charge is -2.50. The highest BCUT2D eigenvalue weighted by Gasteiger charge is 2.63. The van der Waals surface area contributed by atoms with Crippen molar-refractivity contribution in [1.82, 2.24) is 10.2 Å². The normalized spacial score (nSPS) is 24.2. The fourth-order valence-corrected chi connectivity index (χ4v) is 6.82. The number of aliphatic hydroxyl groups excluding tert-OH is 2. The Morgan fingerprint density at radius 3 is 2.47 bits per heavy atom. The number of ketones is 2. The number of phenolic OH excluding ortho intramolecular Hbond substituents is 1. The minimum absolute atomic E-state index is 0.0584. The second-order valence-corrected chi connectivity index (χ2v) is 11.5. The number of nitrogens with one attached hydrogen (secondary N) is 1. The van der Waals surface area contributed by atoms with Crippen molar-refractivity contribution in [3.63, 3.8) is 0 Å². The molecule has 4 atom stereocenters. The topological polar surface area (TPSA) is 217 Å². The number of nitrogens with zero attached hydrogens (tertiary/aromatic N) is 1. The van der Waals surface area contributed by atoms with Crippen molar-refractivity contribution in [3.05, 3.63) is 75.8 Å². The number of nitrogens with two attached hydrogens (primary N) is 1. The third-order valence-electron chi connectivity index (χ3n) is 8.74. The van der Waals surface area contributed by atoms with Crippen molar-refractivity contribution in [2.24, 2.45) is 17.6 Å². The molecule has 13 heteroatoms. The summed E-state index contributed by atoms with van der Waals surface area (Å²) in [5, 5.41) is 47.5. The van der Waals surface area contributed by atoms with Gasteiger partial charge in [0, 0.05) is 17.1 Å². The smallest absolute Gasteiger partial charge is 0.325 e. The number of esters is 1. The van der Waals surface area contributed by atoms with Gasteiger partial charge in [-0.15, -0.1) is 0 Å². The zero-order valence-corrected chi connectivity index (χ0v) is 24.8. The number of rotatable bonds is 7. The number of ether oxygens (including phenoxy) is 1. The Balaban J connectivity index is 1.59. The summed E-state index contributed by atoms with van der Waals surface area (Å²) in [5.74, 6) is -8.46. The minimum Gasteiger partial charge on any atom is -0.510 e. The van der Waals surface area contributed by atoms with Crippen LogP contribution < -0.4 is 11.1 Å². The highest BCUT2D eigenvalue weighted by Crippen LogP contribution is 2.53. The molecule has 0 aromatic heterocycles. The van der Waals surface area contributed by atoms with Crippen molar-refractivity contribution in [2.75, 3.05) is 27.2 Å². The number of hydrogen-bond acceptors (Lipinski definition) is 11. The number of aromatic hydroxyl groups is 1. The number of aliphatic hydroxyl groups is 3. The first-order valence-electron chi connectivity index (χ1n) is 14.3. The fourth-order valence-electron chi connectivity index (χ4n) is 6.82. The zero-order chi connectivity index (χ0) is 33.0. The molecule has 2 amide bonds. The Hall–Kier alpha value is -5.01. The highest BCUT2D eigenvalue weighted by molar-refractivity contribution is 6.25. The van der Waals surface area contributed by atoms with Crippen molar-refractivity contribution in [2.45, 2.75) is 31.4 Å². The summed E-state index contributed by atoms with van der Waals surface area (Å²) in [6.07, 6.45) is 0.0225. The van der Waals surface area contributed by atoms with Crippen molar-refractivity contribution in [3.8, 4) is 16.9 Å². The number of fused-ring (bicyclic) bond motifs is 3. The molecular weight excluding hydrogens is 586 g/mol. The predicted octanol–water partition coefficient (Wildman–Crippen LogP) is 1.08. The fraction of sp³-hybridized carbons (Fsp3) is 0.344. The molecule has 3 aliphatic rings. The van der Waals surface area contributed by atoms with E-state index in [-0.39, 0.29) is 42.7 Å². The molecule has 7 N–H and O–H groups in total. The summed E-state index contributed by atoms with van der Waals surface area (Å²) in [5.41, 5.74) is 3.02. The Bertz CT molecular complexity index is 1730. The Morgan fingerprint density at radius 2 is 1.82 bits per heavy atom. The monoisotopic (exact) mass is 619 g/mol. The van der Waals surface area contributed by atoms with Crippen LogP contribution in [0.4, 0.5) is 0 Å². The second-order valence-electron chi connectivity index (χ2n) is 11.5. The van der Waals surface area contributed by atoms with Crippen LogP contribution in [-0.4, -0.2) is 93.6 Å². The second kappa shape index (κ2) is 11.5. The molecule has 0 aliphatic heterocycles. The number of likely N-dealkylation sites (N-methyl/N-ethyl adjacent to an activating group) is 1. The molecule has 5 rings (SSSR count). The first-order chi connectivity index (χ1) is 21.2. The van der Waals surface area contributed by atoms with Crippen LogP contribution in [0.3, 0.4) is 0 Å². The van der Waals surface area contributed by atoms with E-state index in [1.165, 1.54) is 11.0 Å². The molecular formula is C32H33N3O10. The molecule has 236 valence electrons. The quantitative estimate of drug-likeness (QED) is 0.190. The average Bonchev–Trinajstić information content (AvgIpc) is 2.97. The zero-order valence-electron chi connectivity index (χ0n) is 24.8. The SMILES string of the molecule is CCOC(=O)CNC(=O)c1cccc(-c2ccc(O)c3c2C[C@H]2C[C@@H]4[C@@H](N(C)C)C(O)=C(C(N)=O)C(=O)[C@@]4(O)C(O)=C2C3=O)c1. The molecule has 0 bridgehead atoms. The number of carbonyl (C=O) groups is 5.